The van der Waals surface area contributed by atoms with E-state index in [2.05, 4.69) is 63.2 Å². The van der Waals surface area contributed by atoms with Crippen molar-refractivity contribution in [2.75, 3.05) is 46.3 Å². The number of rotatable bonds is 6. The van der Waals surface area contributed by atoms with Gasteiger partial charge in [-0.3, -0.25) is 0 Å². The number of likely N-dealkylation sites (N-methyl/N-ethyl adjacent to an activating group) is 1. The lowest BCUT2D eigenvalue weighted by atomic mass is 10.1. The van der Waals surface area contributed by atoms with Crippen LogP contribution in [-0.2, 0) is 6.54 Å². The predicted octanol–water partition coefficient (Wildman–Crippen LogP) is 2.48. The summed E-state index contributed by atoms with van der Waals surface area (Å²) < 4.78 is 1.16. The summed E-state index contributed by atoms with van der Waals surface area (Å²) in [6.45, 7) is 10.3. The Morgan fingerprint density at radius 3 is 2.65 bits per heavy atom. The lowest BCUT2D eigenvalue weighted by Gasteiger charge is -2.32. The van der Waals surface area contributed by atoms with Crippen molar-refractivity contribution in [1.29, 1.82) is 0 Å². The Labute approximate surface area is 131 Å². The fourth-order valence-electron chi connectivity index (χ4n) is 2.58. The highest BCUT2D eigenvalue weighted by Crippen LogP contribution is 2.15. The van der Waals surface area contributed by atoms with Gasteiger partial charge < -0.3 is 15.1 Å². The highest BCUT2D eigenvalue weighted by atomic mass is 79.9. The van der Waals surface area contributed by atoms with E-state index < -0.39 is 0 Å². The number of hydrogen-bond donors (Lipinski definition) is 1. The first kappa shape index (κ1) is 16.0. The van der Waals surface area contributed by atoms with Crippen molar-refractivity contribution in [1.82, 2.24) is 15.1 Å². The Hall–Kier alpha value is -0.420. The predicted molar refractivity (Wildman–Crippen MR) is 89.1 cm³/mol. The maximum absolute atomic E-state index is 3.56. The van der Waals surface area contributed by atoms with Crippen LogP contribution in [0.2, 0.25) is 0 Å². The van der Waals surface area contributed by atoms with E-state index in [0.717, 1.165) is 17.6 Å². The Bertz CT molecular complexity index is 414. The summed E-state index contributed by atoms with van der Waals surface area (Å²) in [6.07, 6.45) is 1.24. The summed E-state index contributed by atoms with van der Waals surface area (Å²) in [4.78, 5) is 4.98. The highest BCUT2D eigenvalue weighted by Gasteiger charge is 2.12. The van der Waals surface area contributed by atoms with Crippen LogP contribution in [0.3, 0.4) is 0 Å². The number of nitrogens with zero attached hydrogens (tertiary/aromatic N) is 2. The lowest BCUT2D eigenvalue weighted by molar-refractivity contribution is 0.153. The van der Waals surface area contributed by atoms with E-state index in [0.29, 0.717) is 0 Å². The normalized spacial score (nSPS) is 17.6. The zero-order valence-electron chi connectivity index (χ0n) is 12.7. The van der Waals surface area contributed by atoms with Crippen LogP contribution in [-0.4, -0.2) is 56.1 Å². The van der Waals surface area contributed by atoms with E-state index in [9.17, 15) is 0 Å². The van der Waals surface area contributed by atoms with Crippen LogP contribution in [0.4, 0.5) is 0 Å². The molecule has 1 heterocycles. The molecule has 0 aliphatic carbocycles. The van der Waals surface area contributed by atoms with Crippen LogP contribution < -0.4 is 5.32 Å². The minimum absolute atomic E-state index is 0.974. The highest BCUT2D eigenvalue weighted by molar-refractivity contribution is 9.10. The van der Waals surface area contributed by atoms with Crippen LogP contribution >= 0.6 is 15.9 Å². The molecule has 0 saturated carbocycles. The van der Waals surface area contributed by atoms with Crippen LogP contribution in [0.15, 0.2) is 22.7 Å². The molecule has 1 saturated heterocycles. The SMILES string of the molecule is Cc1cc(Br)ccc1CNCCCN1CCN(C)CC1. The molecule has 1 aromatic rings. The Balaban J connectivity index is 1.59. The van der Waals surface area contributed by atoms with Gasteiger partial charge in [-0.05, 0) is 56.7 Å². The number of aryl methyl sites for hydroxylation is 1. The summed E-state index contributed by atoms with van der Waals surface area (Å²) in [6, 6.07) is 6.50. The first-order chi connectivity index (χ1) is 9.65. The van der Waals surface area contributed by atoms with Gasteiger partial charge >= 0.3 is 0 Å². The first-order valence-electron chi connectivity index (χ1n) is 7.52. The molecule has 0 aromatic heterocycles. The average Bonchev–Trinajstić information content (AvgIpc) is 2.42. The van der Waals surface area contributed by atoms with E-state index in [4.69, 9.17) is 0 Å². The number of piperazine rings is 1. The molecule has 3 nitrogen and oxygen atoms in total. The molecule has 20 heavy (non-hydrogen) atoms. The standard InChI is InChI=1S/C16H26BrN3/c1-14-12-16(17)5-4-15(14)13-18-6-3-7-20-10-8-19(2)9-11-20/h4-5,12,18H,3,6-11,13H2,1-2H3. The van der Waals surface area contributed by atoms with Crippen molar-refractivity contribution < 1.29 is 0 Å². The fraction of sp³-hybridized carbons (Fsp3) is 0.625. The molecule has 1 fully saturated rings. The Morgan fingerprint density at radius 2 is 1.95 bits per heavy atom. The Morgan fingerprint density at radius 1 is 1.20 bits per heavy atom. The van der Waals surface area contributed by atoms with E-state index >= 15 is 0 Å². The van der Waals surface area contributed by atoms with Gasteiger partial charge in [-0.2, -0.15) is 0 Å². The summed E-state index contributed by atoms with van der Waals surface area (Å²) >= 11 is 3.51. The van der Waals surface area contributed by atoms with Gasteiger partial charge in [-0.15, -0.1) is 0 Å². The first-order valence-corrected chi connectivity index (χ1v) is 8.31. The zero-order chi connectivity index (χ0) is 14.4. The van der Waals surface area contributed by atoms with Crippen molar-refractivity contribution in [2.24, 2.45) is 0 Å². The van der Waals surface area contributed by atoms with Crippen LogP contribution in [0.1, 0.15) is 17.5 Å². The number of halogens is 1. The molecular formula is C16H26BrN3. The summed E-state index contributed by atoms with van der Waals surface area (Å²) in [5, 5.41) is 3.56. The van der Waals surface area contributed by atoms with Gasteiger partial charge in [-0.1, -0.05) is 22.0 Å². The minimum Gasteiger partial charge on any atom is -0.313 e. The third kappa shape index (κ3) is 5.17. The van der Waals surface area contributed by atoms with Gasteiger partial charge in [0, 0.05) is 37.2 Å². The van der Waals surface area contributed by atoms with Crippen molar-refractivity contribution in [3.8, 4) is 0 Å². The van der Waals surface area contributed by atoms with Gasteiger partial charge in [0.05, 0.1) is 0 Å². The quantitative estimate of drug-likeness (QED) is 0.803. The molecular weight excluding hydrogens is 314 g/mol. The maximum atomic E-state index is 3.56. The molecule has 0 bridgehead atoms. The van der Waals surface area contributed by atoms with Crippen molar-refractivity contribution in [2.45, 2.75) is 19.9 Å². The molecule has 0 spiro atoms. The van der Waals surface area contributed by atoms with Gasteiger partial charge in [-0.25, -0.2) is 0 Å². The molecule has 112 valence electrons. The molecule has 2 rings (SSSR count). The zero-order valence-corrected chi connectivity index (χ0v) is 14.2. The van der Waals surface area contributed by atoms with Gasteiger partial charge in [0.25, 0.3) is 0 Å². The fourth-order valence-corrected chi connectivity index (χ4v) is 3.06. The molecule has 1 aromatic carbocycles. The second-order valence-corrected chi connectivity index (χ2v) is 6.66. The third-order valence-electron chi connectivity index (χ3n) is 4.04. The van der Waals surface area contributed by atoms with E-state index in [1.165, 1.54) is 50.3 Å². The molecule has 1 aliphatic heterocycles. The smallest absolute Gasteiger partial charge is 0.0208 e. The van der Waals surface area contributed by atoms with Crippen molar-refractivity contribution in [3.05, 3.63) is 33.8 Å². The molecule has 0 radical (unpaired) electrons. The molecule has 4 heteroatoms. The Kier molecular flexibility index (Phi) is 6.49. The summed E-state index contributed by atoms with van der Waals surface area (Å²) in [5.41, 5.74) is 2.75. The van der Waals surface area contributed by atoms with Gasteiger partial charge in [0.2, 0.25) is 0 Å². The van der Waals surface area contributed by atoms with Gasteiger partial charge in [0.15, 0.2) is 0 Å². The summed E-state index contributed by atoms with van der Waals surface area (Å²) in [7, 11) is 2.21. The summed E-state index contributed by atoms with van der Waals surface area (Å²) in [5.74, 6) is 0. The van der Waals surface area contributed by atoms with E-state index in [1.807, 2.05) is 0 Å². The number of nitrogens with one attached hydrogen (secondary N) is 1. The van der Waals surface area contributed by atoms with E-state index in [-0.39, 0.29) is 0 Å². The van der Waals surface area contributed by atoms with Crippen LogP contribution in [0.5, 0.6) is 0 Å². The lowest BCUT2D eigenvalue weighted by Crippen LogP contribution is -2.45. The molecule has 0 atom stereocenters. The third-order valence-corrected chi connectivity index (χ3v) is 4.54. The largest absolute Gasteiger partial charge is 0.313 e. The van der Waals surface area contributed by atoms with Crippen LogP contribution in [0, 0.1) is 6.92 Å². The topological polar surface area (TPSA) is 18.5 Å². The van der Waals surface area contributed by atoms with Crippen molar-refractivity contribution in [3.63, 3.8) is 0 Å². The minimum atomic E-state index is 0.974. The monoisotopic (exact) mass is 339 g/mol. The number of benzene rings is 1. The van der Waals surface area contributed by atoms with Crippen LogP contribution in [0.25, 0.3) is 0 Å². The second kappa shape index (κ2) is 8.13. The van der Waals surface area contributed by atoms with E-state index in [1.54, 1.807) is 0 Å². The molecule has 0 amide bonds. The number of hydrogen-bond acceptors (Lipinski definition) is 3. The average molecular weight is 340 g/mol. The molecule has 1 N–H and O–H groups in total. The molecule has 1 aliphatic rings. The second-order valence-electron chi connectivity index (χ2n) is 5.75. The van der Waals surface area contributed by atoms with Gasteiger partial charge in [0.1, 0.15) is 0 Å². The van der Waals surface area contributed by atoms with Crippen molar-refractivity contribution >= 4 is 15.9 Å². The maximum Gasteiger partial charge on any atom is 0.0208 e. The molecule has 0 unspecified atom stereocenters.